The first-order valence-electron chi connectivity index (χ1n) is 3.62. The minimum atomic E-state index is -2.91. The highest BCUT2D eigenvalue weighted by atomic mass is 19.3. The molecule has 0 bridgehead atoms. The molecule has 1 aromatic rings. The zero-order valence-corrected chi connectivity index (χ0v) is 7.09. The molecule has 0 saturated carbocycles. The maximum absolute atomic E-state index is 12.9. The van der Waals surface area contributed by atoms with Crippen LogP contribution in [0, 0.1) is 12.7 Å². The lowest BCUT2D eigenvalue weighted by Gasteiger charge is -2.05. The summed E-state index contributed by atoms with van der Waals surface area (Å²) in [6.45, 7) is 1.24. The first kappa shape index (κ1) is 10.5. The Bertz CT molecular complexity index is 379. The quantitative estimate of drug-likeness (QED) is 0.804. The number of alkyl halides is 2. The van der Waals surface area contributed by atoms with Gasteiger partial charge in [0.15, 0.2) is 11.5 Å². The van der Waals surface area contributed by atoms with Crippen LogP contribution < -0.4 is 0 Å². The average Bonchev–Trinajstić information content (AvgIpc) is 2.02. The molecule has 0 aliphatic carbocycles. The minimum Gasteiger partial charge on any atom is -0.476 e. The zero-order valence-electron chi connectivity index (χ0n) is 7.09. The second-order valence-corrected chi connectivity index (χ2v) is 2.63. The van der Waals surface area contributed by atoms with E-state index in [1.807, 2.05) is 0 Å². The maximum Gasteiger partial charge on any atom is 0.357 e. The van der Waals surface area contributed by atoms with E-state index in [0.29, 0.717) is 0 Å². The number of carboxylic acid groups (broad SMARTS) is 1. The summed E-state index contributed by atoms with van der Waals surface area (Å²) in [5, 5.41) is 8.42. The number of pyridine rings is 1. The van der Waals surface area contributed by atoms with E-state index in [1.165, 1.54) is 6.92 Å². The smallest absolute Gasteiger partial charge is 0.357 e. The molecular weight excluding hydrogens is 199 g/mol. The average molecular weight is 205 g/mol. The van der Waals surface area contributed by atoms with Crippen molar-refractivity contribution in [2.75, 3.05) is 0 Å². The molecule has 0 unspecified atom stereocenters. The molecule has 1 rings (SSSR count). The number of aromatic nitrogens is 1. The summed E-state index contributed by atoms with van der Waals surface area (Å²) in [5.41, 5.74) is -1.75. The van der Waals surface area contributed by atoms with Crippen LogP contribution in [0.15, 0.2) is 6.07 Å². The van der Waals surface area contributed by atoms with Crippen LogP contribution in [0.25, 0.3) is 0 Å². The van der Waals surface area contributed by atoms with Crippen LogP contribution in [-0.4, -0.2) is 16.1 Å². The molecule has 6 heteroatoms. The number of aryl methyl sites for hydroxylation is 1. The maximum atomic E-state index is 12.9. The topological polar surface area (TPSA) is 50.2 Å². The Labute approximate surface area is 77.2 Å². The molecule has 0 radical (unpaired) electrons. The normalized spacial score (nSPS) is 10.6. The standard InChI is InChI=1S/C8H6F3NO2/c1-3-2-4(9)6(8(13)14)12-5(3)7(10)11/h2,7H,1H3,(H,13,14). The monoisotopic (exact) mass is 205 g/mol. The molecule has 0 aliphatic heterocycles. The molecule has 3 nitrogen and oxygen atoms in total. The molecule has 0 atom stereocenters. The highest BCUT2D eigenvalue weighted by molar-refractivity contribution is 5.85. The van der Waals surface area contributed by atoms with Gasteiger partial charge in [-0.1, -0.05) is 0 Å². The van der Waals surface area contributed by atoms with Crippen molar-refractivity contribution in [1.82, 2.24) is 4.98 Å². The molecule has 14 heavy (non-hydrogen) atoms. The van der Waals surface area contributed by atoms with Gasteiger partial charge in [0, 0.05) is 0 Å². The van der Waals surface area contributed by atoms with Crippen LogP contribution >= 0.6 is 0 Å². The summed E-state index contributed by atoms with van der Waals surface area (Å²) in [7, 11) is 0. The summed E-state index contributed by atoms with van der Waals surface area (Å²) < 4.78 is 37.3. The second-order valence-electron chi connectivity index (χ2n) is 2.63. The highest BCUT2D eigenvalue weighted by Gasteiger charge is 2.19. The Morgan fingerprint density at radius 2 is 2.14 bits per heavy atom. The van der Waals surface area contributed by atoms with Gasteiger partial charge in [0.1, 0.15) is 5.69 Å². The Balaban J connectivity index is 3.34. The molecule has 0 fully saturated rings. The van der Waals surface area contributed by atoms with Gasteiger partial charge >= 0.3 is 5.97 Å². The number of rotatable bonds is 2. The number of carbonyl (C=O) groups is 1. The summed E-state index contributed by atoms with van der Waals surface area (Å²) in [4.78, 5) is 13.4. The van der Waals surface area contributed by atoms with Crippen LogP contribution in [0.3, 0.4) is 0 Å². The molecule has 0 spiro atoms. The van der Waals surface area contributed by atoms with Gasteiger partial charge in [-0.25, -0.2) is 22.9 Å². The fraction of sp³-hybridized carbons (Fsp3) is 0.250. The number of hydrogen-bond donors (Lipinski definition) is 1. The number of nitrogens with zero attached hydrogens (tertiary/aromatic N) is 1. The molecular formula is C8H6F3NO2. The lowest BCUT2D eigenvalue weighted by Crippen LogP contribution is -2.08. The molecule has 0 amide bonds. The van der Waals surface area contributed by atoms with E-state index in [-0.39, 0.29) is 5.56 Å². The van der Waals surface area contributed by atoms with Crippen molar-refractivity contribution in [2.24, 2.45) is 0 Å². The third-order valence-corrected chi connectivity index (χ3v) is 1.62. The van der Waals surface area contributed by atoms with Crippen LogP contribution in [0.2, 0.25) is 0 Å². The Hall–Kier alpha value is -1.59. The van der Waals surface area contributed by atoms with Gasteiger partial charge in [-0.05, 0) is 18.6 Å². The first-order chi connectivity index (χ1) is 6.43. The molecule has 0 aliphatic rings. The van der Waals surface area contributed by atoms with E-state index < -0.39 is 29.6 Å². The van der Waals surface area contributed by atoms with E-state index in [9.17, 15) is 18.0 Å². The van der Waals surface area contributed by atoms with E-state index in [4.69, 9.17) is 5.11 Å². The minimum absolute atomic E-state index is 0.0671. The summed E-state index contributed by atoms with van der Waals surface area (Å²) in [5.74, 6) is -2.77. The Kier molecular flexibility index (Phi) is 2.73. The largest absolute Gasteiger partial charge is 0.476 e. The number of aromatic carboxylic acids is 1. The van der Waals surface area contributed by atoms with Gasteiger partial charge in [-0.15, -0.1) is 0 Å². The Morgan fingerprint density at radius 3 is 2.57 bits per heavy atom. The van der Waals surface area contributed by atoms with Crippen molar-refractivity contribution in [3.05, 3.63) is 28.8 Å². The molecule has 1 heterocycles. The lowest BCUT2D eigenvalue weighted by atomic mass is 10.2. The summed E-state index contributed by atoms with van der Waals surface area (Å²) >= 11 is 0. The van der Waals surface area contributed by atoms with Gasteiger partial charge in [-0.3, -0.25) is 0 Å². The number of halogens is 3. The fourth-order valence-electron chi connectivity index (χ4n) is 0.965. The molecule has 76 valence electrons. The van der Waals surface area contributed by atoms with E-state index >= 15 is 0 Å². The van der Waals surface area contributed by atoms with Crippen molar-refractivity contribution in [3.63, 3.8) is 0 Å². The second kappa shape index (κ2) is 3.65. The summed E-state index contributed by atoms with van der Waals surface area (Å²) in [6.07, 6.45) is -2.91. The van der Waals surface area contributed by atoms with Gasteiger partial charge < -0.3 is 5.11 Å². The van der Waals surface area contributed by atoms with Gasteiger partial charge in [-0.2, -0.15) is 0 Å². The predicted octanol–water partition coefficient (Wildman–Crippen LogP) is 2.16. The van der Waals surface area contributed by atoms with Crippen molar-refractivity contribution < 1.29 is 23.1 Å². The third-order valence-electron chi connectivity index (χ3n) is 1.62. The van der Waals surface area contributed by atoms with Crippen molar-refractivity contribution in [2.45, 2.75) is 13.3 Å². The predicted molar refractivity (Wildman–Crippen MR) is 40.8 cm³/mol. The molecule has 0 aromatic carbocycles. The first-order valence-corrected chi connectivity index (χ1v) is 3.62. The van der Waals surface area contributed by atoms with Gasteiger partial charge in [0.25, 0.3) is 6.43 Å². The van der Waals surface area contributed by atoms with E-state index in [1.54, 1.807) is 0 Å². The lowest BCUT2D eigenvalue weighted by molar-refractivity contribution is 0.0683. The van der Waals surface area contributed by atoms with E-state index in [0.717, 1.165) is 6.07 Å². The van der Waals surface area contributed by atoms with E-state index in [2.05, 4.69) is 4.98 Å². The highest BCUT2D eigenvalue weighted by Crippen LogP contribution is 2.22. The van der Waals surface area contributed by atoms with Crippen molar-refractivity contribution in [1.29, 1.82) is 0 Å². The van der Waals surface area contributed by atoms with Gasteiger partial charge in [0.2, 0.25) is 0 Å². The molecule has 1 aromatic heterocycles. The van der Waals surface area contributed by atoms with Gasteiger partial charge in [0.05, 0.1) is 0 Å². The van der Waals surface area contributed by atoms with Crippen LogP contribution in [0.4, 0.5) is 13.2 Å². The number of hydrogen-bond acceptors (Lipinski definition) is 2. The SMILES string of the molecule is Cc1cc(F)c(C(=O)O)nc1C(F)F. The van der Waals surface area contributed by atoms with Crippen molar-refractivity contribution in [3.8, 4) is 0 Å². The molecule has 0 saturated heterocycles. The third kappa shape index (κ3) is 1.84. The Morgan fingerprint density at radius 1 is 1.57 bits per heavy atom. The summed E-state index contributed by atoms with van der Waals surface area (Å²) in [6, 6.07) is 0.734. The number of carboxylic acids is 1. The van der Waals surface area contributed by atoms with Crippen LogP contribution in [0.1, 0.15) is 28.2 Å². The zero-order chi connectivity index (χ0) is 10.9. The fourth-order valence-corrected chi connectivity index (χ4v) is 0.965. The van der Waals surface area contributed by atoms with Crippen LogP contribution in [-0.2, 0) is 0 Å². The van der Waals surface area contributed by atoms with Crippen molar-refractivity contribution >= 4 is 5.97 Å². The molecule has 1 N–H and O–H groups in total. The van der Waals surface area contributed by atoms with Crippen LogP contribution in [0.5, 0.6) is 0 Å².